The maximum Gasteiger partial charge on any atom is 0.131 e. The van der Waals surface area contributed by atoms with E-state index in [2.05, 4.69) is 52.0 Å². The third-order valence-electron chi connectivity index (χ3n) is 5.71. The highest BCUT2D eigenvalue weighted by Gasteiger charge is 2.38. The highest BCUT2D eigenvalue weighted by molar-refractivity contribution is 5.80. The van der Waals surface area contributed by atoms with Crippen LogP contribution in [0.3, 0.4) is 0 Å². The van der Waals surface area contributed by atoms with Gasteiger partial charge in [-0.1, -0.05) is 41.5 Å². The Morgan fingerprint density at radius 2 is 2.04 bits per heavy atom. The topological polar surface area (TPSA) is 32.7 Å². The van der Waals surface area contributed by atoms with Gasteiger partial charge in [0.05, 0.1) is 11.7 Å². The molecule has 0 bridgehead atoms. The molecular weight excluding hydrogens is 346 g/mol. The maximum absolute atomic E-state index is 10.5. The average Bonchev–Trinajstić information content (AvgIpc) is 2.65. The normalized spacial score (nSPS) is 24.7. The standard InChI is InChI=1S/C25H33NO2/c1-18(2)10-8-11-19(3)12-9-16-25(5)17-15-21-20(4)26(27)23-14-7-6-13-22(23)24(21)28-25/h6-7,9-10,12-14,16,20,27H,8,11,15,17H2,1-5H3. The van der Waals surface area contributed by atoms with E-state index in [9.17, 15) is 5.21 Å². The molecule has 3 nitrogen and oxygen atoms in total. The number of hydroxylamine groups is 1. The maximum atomic E-state index is 10.5. The molecule has 0 spiro atoms. The zero-order valence-corrected chi connectivity index (χ0v) is 17.8. The van der Waals surface area contributed by atoms with Crippen molar-refractivity contribution < 1.29 is 9.94 Å². The molecule has 28 heavy (non-hydrogen) atoms. The van der Waals surface area contributed by atoms with Gasteiger partial charge in [-0.25, -0.2) is 5.06 Å². The van der Waals surface area contributed by atoms with Gasteiger partial charge in [0.1, 0.15) is 11.4 Å². The number of para-hydroxylation sites is 1. The monoisotopic (exact) mass is 379 g/mol. The summed E-state index contributed by atoms with van der Waals surface area (Å²) in [5.74, 6) is 0.941. The Morgan fingerprint density at radius 1 is 1.29 bits per heavy atom. The molecule has 0 fully saturated rings. The van der Waals surface area contributed by atoms with Crippen LogP contribution in [0.2, 0.25) is 0 Å². The van der Waals surface area contributed by atoms with E-state index in [-0.39, 0.29) is 11.6 Å². The molecule has 1 aromatic rings. The molecule has 2 atom stereocenters. The van der Waals surface area contributed by atoms with Gasteiger partial charge in [0.2, 0.25) is 0 Å². The Labute approximate surface area is 169 Å². The first kappa shape index (κ1) is 20.5. The van der Waals surface area contributed by atoms with E-state index in [4.69, 9.17) is 4.74 Å². The second-order valence-corrected chi connectivity index (χ2v) is 8.50. The van der Waals surface area contributed by atoms with Crippen LogP contribution in [-0.2, 0) is 4.74 Å². The summed E-state index contributed by atoms with van der Waals surface area (Å²) in [6.07, 6.45) is 12.8. The fourth-order valence-corrected chi connectivity index (χ4v) is 3.90. The van der Waals surface area contributed by atoms with Crippen LogP contribution in [0.15, 0.2) is 65.3 Å². The van der Waals surface area contributed by atoms with Crippen molar-refractivity contribution in [2.24, 2.45) is 0 Å². The number of fused-ring (bicyclic) bond motifs is 2. The number of rotatable bonds is 5. The van der Waals surface area contributed by atoms with E-state index in [0.717, 1.165) is 42.7 Å². The van der Waals surface area contributed by atoms with Crippen LogP contribution < -0.4 is 5.06 Å². The molecule has 1 N–H and O–H groups in total. The fraction of sp³-hybridized carbons (Fsp3) is 0.440. The zero-order chi connectivity index (χ0) is 20.3. The second-order valence-electron chi connectivity index (χ2n) is 8.50. The molecule has 0 aromatic heterocycles. The summed E-state index contributed by atoms with van der Waals surface area (Å²) in [5.41, 5.74) is 5.39. The number of allylic oxidation sites excluding steroid dienone is 5. The van der Waals surface area contributed by atoms with Gasteiger partial charge in [-0.3, -0.25) is 5.21 Å². The highest BCUT2D eigenvalue weighted by Crippen LogP contribution is 2.45. The van der Waals surface area contributed by atoms with E-state index >= 15 is 0 Å². The third kappa shape index (κ3) is 4.41. The lowest BCUT2D eigenvalue weighted by molar-refractivity contribution is 0.0785. The van der Waals surface area contributed by atoms with E-state index in [1.807, 2.05) is 31.2 Å². The van der Waals surface area contributed by atoms with Crippen molar-refractivity contribution in [3.8, 4) is 0 Å². The number of benzene rings is 1. The number of hydrogen-bond acceptors (Lipinski definition) is 3. The zero-order valence-electron chi connectivity index (χ0n) is 17.8. The Bertz CT molecular complexity index is 842. The summed E-state index contributed by atoms with van der Waals surface area (Å²) >= 11 is 0. The molecular formula is C25H33NO2. The summed E-state index contributed by atoms with van der Waals surface area (Å²) in [6, 6.07) is 7.86. The van der Waals surface area contributed by atoms with Crippen molar-refractivity contribution in [2.75, 3.05) is 5.06 Å². The van der Waals surface area contributed by atoms with Crippen LogP contribution >= 0.6 is 0 Å². The molecule has 2 heterocycles. The molecule has 2 unspecified atom stereocenters. The van der Waals surface area contributed by atoms with E-state index < -0.39 is 0 Å². The molecule has 0 radical (unpaired) electrons. The van der Waals surface area contributed by atoms with E-state index in [0.29, 0.717) is 0 Å². The quantitative estimate of drug-likeness (QED) is 0.450. The molecule has 2 aliphatic heterocycles. The Morgan fingerprint density at radius 3 is 2.79 bits per heavy atom. The Balaban J connectivity index is 1.76. The first-order valence-corrected chi connectivity index (χ1v) is 10.3. The number of nitrogens with zero attached hydrogens (tertiary/aromatic N) is 1. The minimum Gasteiger partial charge on any atom is -0.483 e. The summed E-state index contributed by atoms with van der Waals surface area (Å²) in [5, 5.41) is 11.9. The first-order chi connectivity index (χ1) is 13.3. The molecule has 2 aliphatic rings. The Hall–Kier alpha value is -2.26. The number of ether oxygens (including phenoxy) is 1. The van der Waals surface area contributed by atoms with E-state index in [1.54, 1.807) is 0 Å². The summed E-state index contributed by atoms with van der Waals surface area (Å²) < 4.78 is 6.53. The summed E-state index contributed by atoms with van der Waals surface area (Å²) in [4.78, 5) is 0. The van der Waals surface area contributed by atoms with Crippen LogP contribution in [-0.4, -0.2) is 16.9 Å². The van der Waals surface area contributed by atoms with Gasteiger partial charge in [-0.2, -0.15) is 0 Å². The number of hydrogen-bond donors (Lipinski definition) is 1. The van der Waals surface area contributed by atoms with Crippen LogP contribution in [0.25, 0.3) is 5.76 Å². The minimum absolute atomic E-state index is 0.0596. The van der Waals surface area contributed by atoms with Gasteiger partial charge < -0.3 is 4.74 Å². The van der Waals surface area contributed by atoms with Crippen molar-refractivity contribution in [3.05, 3.63) is 70.9 Å². The SMILES string of the molecule is CC(C)=CCCC(C)=CC=CC1(C)CCC2=C(O1)c1ccccc1N(O)C2C. The van der Waals surface area contributed by atoms with Crippen molar-refractivity contribution in [2.45, 2.75) is 71.9 Å². The lowest BCUT2D eigenvalue weighted by Crippen LogP contribution is -2.40. The van der Waals surface area contributed by atoms with Gasteiger partial charge in [0, 0.05) is 5.56 Å². The van der Waals surface area contributed by atoms with Crippen molar-refractivity contribution in [1.29, 1.82) is 0 Å². The largest absolute Gasteiger partial charge is 0.483 e. The summed E-state index contributed by atoms with van der Waals surface area (Å²) in [6.45, 7) is 10.7. The van der Waals surface area contributed by atoms with Gasteiger partial charge in [0.15, 0.2) is 0 Å². The molecule has 0 saturated carbocycles. The lowest BCUT2D eigenvalue weighted by atomic mass is 9.85. The van der Waals surface area contributed by atoms with Crippen LogP contribution in [0.1, 0.15) is 65.9 Å². The predicted octanol–water partition coefficient (Wildman–Crippen LogP) is 6.81. The predicted molar refractivity (Wildman–Crippen MR) is 117 cm³/mol. The fourth-order valence-electron chi connectivity index (χ4n) is 3.90. The molecule has 1 aromatic carbocycles. The molecule has 0 saturated heterocycles. The average molecular weight is 380 g/mol. The van der Waals surface area contributed by atoms with Gasteiger partial charge in [-0.15, -0.1) is 0 Å². The smallest absolute Gasteiger partial charge is 0.131 e. The minimum atomic E-state index is -0.333. The highest BCUT2D eigenvalue weighted by atomic mass is 16.5. The van der Waals surface area contributed by atoms with Crippen LogP contribution in [0.4, 0.5) is 5.69 Å². The first-order valence-electron chi connectivity index (χ1n) is 10.3. The lowest BCUT2D eigenvalue weighted by Gasteiger charge is -2.42. The van der Waals surface area contributed by atoms with Gasteiger partial charge >= 0.3 is 0 Å². The van der Waals surface area contributed by atoms with Gasteiger partial charge in [-0.05, 0) is 84.1 Å². The van der Waals surface area contributed by atoms with Crippen molar-refractivity contribution in [3.63, 3.8) is 0 Å². The number of anilines is 1. The molecule has 0 aliphatic carbocycles. The van der Waals surface area contributed by atoms with Crippen molar-refractivity contribution in [1.82, 2.24) is 0 Å². The van der Waals surface area contributed by atoms with Crippen molar-refractivity contribution >= 4 is 11.4 Å². The molecule has 0 amide bonds. The second kappa shape index (κ2) is 8.40. The molecule has 3 rings (SSSR count). The summed E-state index contributed by atoms with van der Waals surface area (Å²) in [7, 11) is 0. The van der Waals surface area contributed by atoms with E-state index in [1.165, 1.54) is 21.8 Å². The molecule has 150 valence electrons. The van der Waals surface area contributed by atoms with Gasteiger partial charge in [0.25, 0.3) is 0 Å². The Kier molecular flexibility index (Phi) is 6.14. The molecule has 3 heteroatoms. The van der Waals surface area contributed by atoms with Crippen LogP contribution in [0, 0.1) is 0 Å². The third-order valence-corrected chi connectivity index (χ3v) is 5.71. The van der Waals surface area contributed by atoms with Crippen LogP contribution in [0.5, 0.6) is 0 Å².